The Morgan fingerprint density at radius 2 is 1.92 bits per heavy atom. The van der Waals surface area contributed by atoms with Gasteiger partial charge in [-0.3, -0.25) is 4.79 Å². The van der Waals surface area contributed by atoms with Crippen molar-refractivity contribution in [3.63, 3.8) is 0 Å². The molecule has 1 aromatic carbocycles. The molecule has 0 bridgehead atoms. The van der Waals surface area contributed by atoms with Crippen molar-refractivity contribution < 1.29 is 19.0 Å². The van der Waals surface area contributed by atoms with E-state index in [-0.39, 0.29) is 12.0 Å². The van der Waals surface area contributed by atoms with Crippen LogP contribution in [-0.2, 0) is 14.3 Å². The fraction of sp³-hybridized carbons (Fsp3) is 0.650. The first-order chi connectivity index (χ1) is 12.5. The maximum Gasteiger partial charge on any atom is 0.219 e. The minimum Gasteiger partial charge on any atom is -0.491 e. The minimum atomic E-state index is -0.464. The van der Waals surface area contributed by atoms with Crippen LogP contribution in [-0.4, -0.2) is 62.1 Å². The lowest BCUT2D eigenvalue weighted by atomic mass is 10.2. The van der Waals surface area contributed by atoms with Crippen LogP contribution in [0.4, 0.5) is 5.69 Å². The van der Waals surface area contributed by atoms with E-state index in [0.29, 0.717) is 13.2 Å². The predicted octanol–water partition coefficient (Wildman–Crippen LogP) is 2.67. The zero-order valence-electron chi connectivity index (χ0n) is 16.1. The summed E-state index contributed by atoms with van der Waals surface area (Å²) in [5.74, 6) is 0.527. The molecule has 26 heavy (non-hydrogen) atoms. The second kappa shape index (κ2) is 8.27. The number of piperazine rings is 1. The maximum atomic E-state index is 11.4. The van der Waals surface area contributed by atoms with Gasteiger partial charge in [0.25, 0.3) is 0 Å². The van der Waals surface area contributed by atoms with Crippen LogP contribution in [0.3, 0.4) is 0 Å². The third-order valence-electron chi connectivity index (χ3n) is 5.06. The van der Waals surface area contributed by atoms with Crippen LogP contribution >= 0.6 is 0 Å². The predicted molar refractivity (Wildman–Crippen MR) is 101 cm³/mol. The molecule has 2 fully saturated rings. The summed E-state index contributed by atoms with van der Waals surface area (Å²) in [4.78, 5) is 15.6. The topological polar surface area (TPSA) is 51.2 Å². The Hall–Kier alpha value is -1.79. The zero-order valence-corrected chi connectivity index (χ0v) is 16.1. The Morgan fingerprint density at radius 3 is 2.54 bits per heavy atom. The molecule has 1 amide bonds. The van der Waals surface area contributed by atoms with Gasteiger partial charge in [-0.15, -0.1) is 0 Å². The number of rotatable bonds is 6. The first kappa shape index (κ1) is 19.0. The Labute approximate surface area is 156 Å². The van der Waals surface area contributed by atoms with Crippen molar-refractivity contribution in [3.05, 3.63) is 24.3 Å². The lowest BCUT2D eigenvalue weighted by Crippen LogP contribution is -2.48. The molecular weight excluding hydrogens is 332 g/mol. The molecule has 2 heterocycles. The van der Waals surface area contributed by atoms with Gasteiger partial charge in [-0.1, -0.05) is 13.3 Å². The molecule has 0 N–H and O–H groups in total. The highest BCUT2D eigenvalue weighted by Crippen LogP contribution is 2.28. The SMILES string of the molecule is CCCC1(C)OCC(COc2ccc(N3CCN(C(C)=O)CC3)cc2)O1. The molecule has 3 rings (SSSR count). The number of carbonyl (C=O) groups excluding carboxylic acids is 1. The van der Waals surface area contributed by atoms with Gasteiger partial charge in [0.15, 0.2) is 5.79 Å². The van der Waals surface area contributed by atoms with Crippen molar-refractivity contribution in [3.8, 4) is 5.75 Å². The fourth-order valence-electron chi connectivity index (χ4n) is 3.58. The first-order valence-electron chi connectivity index (χ1n) is 9.54. The maximum absolute atomic E-state index is 11.4. The van der Waals surface area contributed by atoms with Crippen molar-refractivity contribution in [1.29, 1.82) is 0 Å². The second-order valence-electron chi connectivity index (χ2n) is 7.23. The first-order valence-corrected chi connectivity index (χ1v) is 9.54. The van der Waals surface area contributed by atoms with E-state index in [1.165, 1.54) is 0 Å². The van der Waals surface area contributed by atoms with E-state index in [4.69, 9.17) is 14.2 Å². The monoisotopic (exact) mass is 362 g/mol. The van der Waals surface area contributed by atoms with Crippen LogP contribution in [0.15, 0.2) is 24.3 Å². The van der Waals surface area contributed by atoms with Gasteiger partial charge in [-0.25, -0.2) is 0 Å². The van der Waals surface area contributed by atoms with E-state index >= 15 is 0 Å². The van der Waals surface area contributed by atoms with E-state index in [9.17, 15) is 4.79 Å². The molecule has 0 aromatic heterocycles. The molecular formula is C20H30N2O4. The lowest BCUT2D eigenvalue weighted by molar-refractivity contribution is -0.161. The quantitative estimate of drug-likeness (QED) is 0.779. The summed E-state index contributed by atoms with van der Waals surface area (Å²) in [7, 11) is 0. The highest BCUT2D eigenvalue weighted by molar-refractivity contribution is 5.73. The Bertz CT molecular complexity index is 598. The van der Waals surface area contributed by atoms with E-state index < -0.39 is 5.79 Å². The van der Waals surface area contributed by atoms with Gasteiger partial charge in [-0.05, 0) is 31.2 Å². The number of carbonyl (C=O) groups is 1. The molecule has 2 saturated heterocycles. The van der Waals surface area contributed by atoms with Crippen molar-refractivity contribution in [2.75, 3.05) is 44.3 Å². The normalized spacial score (nSPS) is 26.2. The molecule has 2 aliphatic heterocycles. The van der Waals surface area contributed by atoms with E-state index in [1.54, 1.807) is 6.92 Å². The molecule has 0 saturated carbocycles. The summed E-state index contributed by atoms with van der Waals surface area (Å²) in [5.41, 5.74) is 1.16. The standard InChI is InChI=1S/C20H30N2O4/c1-4-9-20(3)25-15-19(26-20)14-24-18-7-5-17(6-8-18)22-12-10-21(11-13-22)16(2)23/h5-8,19H,4,9-15H2,1-3H3. The molecule has 0 radical (unpaired) electrons. The molecule has 1 aromatic rings. The van der Waals surface area contributed by atoms with E-state index in [1.807, 2.05) is 24.0 Å². The van der Waals surface area contributed by atoms with Gasteiger partial charge in [0, 0.05) is 45.2 Å². The van der Waals surface area contributed by atoms with Crippen LogP contribution in [0.2, 0.25) is 0 Å². The molecule has 144 valence electrons. The fourth-order valence-corrected chi connectivity index (χ4v) is 3.58. The van der Waals surface area contributed by atoms with Gasteiger partial charge >= 0.3 is 0 Å². The molecule has 6 nitrogen and oxygen atoms in total. The Kier molecular flexibility index (Phi) is 6.04. The molecule has 2 unspecified atom stereocenters. The third kappa shape index (κ3) is 4.68. The van der Waals surface area contributed by atoms with Crippen molar-refractivity contribution in [1.82, 2.24) is 4.90 Å². The summed E-state index contributed by atoms with van der Waals surface area (Å²) in [6.07, 6.45) is 1.91. The van der Waals surface area contributed by atoms with Gasteiger partial charge in [0.05, 0.1) is 6.61 Å². The molecule has 2 aliphatic rings. The van der Waals surface area contributed by atoms with Gasteiger partial charge < -0.3 is 24.0 Å². The van der Waals surface area contributed by atoms with Crippen molar-refractivity contribution in [2.24, 2.45) is 0 Å². The van der Waals surface area contributed by atoms with Crippen LogP contribution in [0.1, 0.15) is 33.6 Å². The largest absolute Gasteiger partial charge is 0.491 e. The van der Waals surface area contributed by atoms with E-state index in [0.717, 1.165) is 50.5 Å². The van der Waals surface area contributed by atoms with Gasteiger partial charge in [0.2, 0.25) is 5.91 Å². The summed E-state index contributed by atoms with van der Waals surface area (Å²) < 4.78 is 17.6. The molecule has 0 spiro atoms. The summed E-state index contributed by atoms with van der Waals surface area (Å²) in [6.45, 7) is 10.1. The minimum absolute atomic E-state index is 0.0223. The second-order valence-corrected chi connectivity index (χ2v) is 7.23. The Balaban J connectivity index is 1.46. The van der Waals surface area contributed by atoms with Crippen LogP contribution in [0.5, 0.6) is 5.75 Å². The van der Waals surface area contributed by atoms with Gasteiger partial charge in [0.1, 0.15) is 18.5 Å². The van der Waals surface area contributed by atoms with Gasteiger partial charge in [-0.2, -0.15) is 0 Å². The molecule has 6 heteroatoms. The number of benzene rings is 1. The van der Waals surface area contributed by atoms with Crippen molar-refractivity contribution >= 4 is 11.6 Å². The summed E-state index contributed by atoms with van der Waals surface area (Å²) in [5, 5.41) is 0. The van der Waals surface area contributed by atoms with Crippen molar-refractivity contribution in [2.45, 2.75) is 45.5 Å². The van der Waals surface area contributed by atoms with E-state index in [2.05, 4.69) is 24.0 Å². The number of hydrogen-bond acceptors (Lipinski definition) is 5. The lowest BCUT2D eigenvalue weighted by Gasteiger charge is -2.35. The summed E-state index contributed by atoms with van der Waals surface area (Å²) in [6, 6.07) is 8.14. The number of ether oxygens (including phenoxy) is 3. The highest BCUT2D eigenvalue weighted by Gasteiger charge is 2.36. The smallest absolute Gasteiger partial charge is 0.219 e. The number of anilines is 1. The number of hydrogen-bond donors (Lipinski definition) is 0. The highest BCUT2D eigenvalue weighted by atomic mass is 16.7. The molecule has 2 atom stereocenters. The number of nitrogens with zero attached hydrogens (tertiary/aromatic N) is 2. The average molecular weight is 362 g/mol. The van der Waals surface area contributed by atoms with Crippen LogP contribution in [0, 0.1) is 0 Å². The Morgan fingerprint density at radius 1 is 1.23 bits per heavy atom. The van der Waals surface area contributed by atoms with Crippen LogP contribution < -0.4 is 9.64 Å². The number of amides is 1. The van der Waals surface area contributed by atoms with Crippen LogP contribution in [0.25, 0.3) is 0 Å². The molecule has 0 aliphatic carbocycles. The third-order valence-corrected chi connectivity index (χ3v) is 5.06. The average Bonchev–Trinajstić information content (AvgIpc) is 3.02. The zero-order chi connectivity index (χ0) is 18.6. The summed E-state index contributed by atoms with van der Waals surface area (Å²) >= 11 is 0.